The summed E-state index contributed by atoms with van der Waals surface area (Å²) in [5.41, 5.74) is 2.38. The number of hydrogen-bond acceptors (Lipinski definition) is 4. The molecule has 0 bridgehead atoms. The van der Waals surface area contributed by atoms with Gasteiger partial charge in [-0.2, -0.15) is 5.10 Å². The fraction of sp³-hybridized carbons (Fsp3) is 0.526. The summed E-state index contributed by atoms with van der Waals surface area (Å²) in [7, 11) is 0. The molecule has 2 aromatic rings. The Kier molecular flexibility index (Phi) is 5.06. The van der Waals surface area contributed by atoms with Crippen molar-refractivity contribution < 1.29 is 9.53 Å². The number of fused-ring (bicyclic) bond motifs is 1. The Morgan fingerprint density at radius 3 is 3.00 bits per heavy atom. The predicted octanol–water partition coefficient (Wildman–Crippen LogP) is 3.20. The molecule has 1 aliphatic rings. The van der Waals surface area contributed by atoms with Gasteiger partial charge in [0.1, 0.15) is 11.6 Å². The van der Waals surface area contributed by atoms with Crippen LogP contribution in [0.1, 0.15) is 68.3 Å². The molecule has 0 radical (unpaired) electrons. The van der Waals surface area contributed by atoms with Crippen LogP contribution in [0.2, 0.25) is 0 Å². The molecule has 3 atom stereocenters. The lowest BCUT2D eigenvalue weighted by Gasteiger charge is -2.26. The second kappa shape index (κ2) is 7.25. The van der Waals surface area contributed by atoms with E-state index in [1.807, 2.05) is 19.1 Å². The van der Waals surface area contributed by atoms with Gasteiger partial charge in [0.2, 0.25) is 0 Å². The summed E-state index contributed by atoms with van der Waals surface area (Å²) in [6, 6.07) is 5.84. The van der Waals surface area contributed by atoms with Crippen LogP contribution >= 0.6 is 0 Å². The van der Waals surface area contributed by atoms with Crippen molar-refractivity contribution in [2.45, 2.75) is 65.0 Å². The highest BCUT2D eigenvalue weighted by atomic mass is 16.5. The number of benzene rings is 1. The number of aryl methyl sites for hydroxylation is 2. The van der Waals surface area contributed by atoms with Gasteiger partial charge in [0.15, 0.2) is 11.9 Å². The molecule has 25 heavy (non-hydrogen) atoms. The van der Waals surface area contributed by atoms with Gasteiger partial charge in [0, 0.05) is 5.92 Å². The lowest BCUT2D eigenvalue weighted by atomic mass is 10.00. The molecule has 0 saturated carbocycles. The van der Waals surface area contributed by atoms with E-state index in [0.717, 1.165) is 24.4 Å². The van der Waals surface area contributed by atoms with E-state index in [9.17, 15) is 4.79 Å². The number of H-pyrrole nitrogens is 1. The molecule has 0 fully saturated rings. The monoisotopic (exact) mass is 342 g/mol. The zero-order valence-corrected chi connectivity index (χ0v) is 15.3. The highest BCUT2D eigenvalue weighted by Crippen LogP contribution is 2.28. The Labute approximate surface area is 148 Å². The molecule has 0 saturated heterocycles. The first kappa shape index (κ1) is 17.5. The molecule has 1 aromatic carbocycles. The summed E-state index contributed by atoms with van der Waals surface area (Å²) in [6.45, 7) is 8.15. The Morgan fingerprint density at radius 2 is 2.24 bits per heavy atom. The maximum atomic E-state index is 12.6. The van der Waals surface area contributed by atoms with E-state index in [2.05, 4.69) is 47.3 Å². The highest BCUT2D eigenvalue weighted by Gasteiger charge is 2.28. The predicted molar refractivity (Wildman–Crippen MR) is 95.6 cm³/mol. The Hall–Kier alpha value is -2.37. The standard InChI is InChI=1S/C19H26N4O2/c1-5-12(3)17-21-18(23-22-17)13(4)20-19(24)16-9-7-14-10-11(2)6-8-15(14)25-16/h6,8,10,12-13,16H,5,7,9H2,1-4H3,(H,20,24)(H,21,22,23). The number of aromatic amines is 1. The molecule has 3 rings (SSSR count). The second-order valence-corrected chi connectivity index (χ2v) is 6.87. The van der Waals surface area contributed by atoms with Gasteiger partial charge in [-0.25, -0.2) is 4.98 Å². The third-order valence-electron chi connectivity index (χ3n) is 4.80. The minimum atomic E-state index is -0.463. The average molecular weight is 342 g/mol. The molecule has 2 N–H and O–H groups in total. The van der Waals surface area contributed by atoms with Crippen molar-refractivity contribution in [3.8, 4) is 5.75 Å². The van der Waals surface area contributed by atoms with Crippen LogP contribution < -0.4 is 10.1 Å². The quantitative estimate of drug-likeness (QED) is 0.874. The van der Waals surface area contributed by atoms with Gasteiger partial charge in [-0.05, 0) is 44.7 Å². The summed E-state index contributed by atoms with van der Waals surface area (Å²) in [6.07, 6.45) is 2.05. The van der Waals surface area contributed by atoms with Crippen molar-refractivity contribution in [3.63, 3.8) is 0 Å². The minimum Gasteiger partial charge on any atom is -0.480 e. The van der Waals surface area contributed by atoms with Crippen molar-refractivity contribution in [2.75, 3.05) is 0 Å². The molecule has 6 heteroatoms. The van der Waals surface area contributed by atoms with Crippen LogP contribution in [0.4, 0.5) is 0 Å². The summed E-state index contributed by atoms with van der Waals surface area (Å²) < 4.78 is 5.89. The topological polar surface area (TPSA) is 79.9 Å². The first-order valence-electron chi connectivity index (χ1n) is 8.96. The van der Waals surface area contributed by atoms with Gasteiger partial charge in [-0.15, -0.1) is 0 Å². The zero-order valence-electron chi connectivity index (χ0n) is 15.3. The van der Waals surface area contributed by atoms with Crippen molar-refractivity contribution in [1.29, 1.82) is 0 Å². The highest BCUT2D eigenvalue weighted by molar-refractivity contribution is 5.81. The van der Waals surface area contributed by atoms with E-state index in [4.69, 9.17) is 4.74 Å². The van der Waals surface area contributed by atoms with Gasteiger partial charge in [0.05, 0.1) is 6.04 Å². The smallest absolute Gasteiger partial charge is 0.261 e. The number of nitrogens with zero attached hydrogens (tertiary/aromatic N) is 2. The Balaban J connectivity index is 1.62. The van der Waals surface area contributed by atoms with Crippen LogP contribution in [0, 0.1) is 6.92 Å². The molecule has 3 unspecified atom stereocenters. The fourth-order valence-electron chi connectivity index (χ4n) is 2.96. The second-order valence-electron chi connectivity index (χ2n) is 6.87. The lowest BCUT2D eigenvalue weighted by Crippen LogP contribution is -2.41. The van der Waals surface area contributed by atoms with Gasteiger partial charge in [-0.3, -0.25) is 9.89 Å². The average Bonchev–Trinajstić information content (AvgIpc) is 3.10. The number of hydrogen-bond donors (Lipinski definition) is 2. The molecule has 1 amide bonds. The molecule has 1 aromatic heterocycles. The number of carbonyl (C=O) groups is 1. The first-order chi connectivity index (χ1) is 12.0. The molecule has 1 aliphatic heterocycles. The largest absolute Gasteiger partial charge is 0.480 e. The number of carbonyl (C=O) groups excluding carboxylic acids is 1. The van der Waals surface area contributed by atoms with Crippen LogP contribution in [-0.2, 0) is 11.2 Å². The summed E-state index contributed by atoms with van der Waals surface area (Å²) in [5.74, 6) is 2.46. The molecular weight excluding hydrogens is 316 g/mol. The third kappa shape index (κ3) is 3.83. The van der Waals surface area contributed by atoms with Crippen LogP contribution in [-0.4, -0.2) is 27.2 Å². The van der Waals surface area contributed by atoms with Gasteiger partial charge in [-0.1, -0.05) is 31.5 Å². The van der Waals surface area contributed by atoms with Crippen LogP contribution in [0.5, 0.6) is 5.75 Å². The van der Waals surface area contributed by atoms with Gasteiger partial charge < -0.3 is 10.1 Å². The van der Waals surface area contributed by atoms with E-state index < -0.39 is 6.10 Å². The van der Waals surface area contributed by atoms with Crippen molar-refractivity contribution in [1.82, 2.24) is 20.5 Å². The summed E-state index contributed by atoms with van der Waals surface area (Å²) in [5, 5.41) is 10.2. The number of ether oxygens (including phenoxy) is 1. The van der Waals surface area contributed by atoms with Gasteiger partial charge in [0.25, 0.3) is 5.91 Å². The maximum absolute atomic E-state index is 12.6. The van der Waals surface area contributed by atoms with E-state index in [1.54, 1.807) is 0 Å². The lowest BCUT2D eigenvalue weighted by molar-refractivity contribution is -0.129. The third-order valence-corrected chi connectivity index (χ3v) is 4.80. The van der Waals surface area contributed by atoms with Crippen molar-refractivity contribution in [2.24, 2.45) is 0 Å². The van der Waals surface area contributed by atoms with Crippen LogP contribution in [0.15, 0.2) is 18.2 Å². The van der Waals surface area contributed by atoms with E-state index in [-0.39, 0.29) is 11.9 Å². The number of rotatable bonds is 5. The number of aromatic nitrogens is 3. The Bertz CT molecular complexity index is 756. The Morgan fingerprint density at radius 1 is 1.44 bits per heavy atom. The normalized spacial score (nSPS) is 18.8. The SMILES string of the molecule is CCC(C)c1n[nH]c(C(C)NC(=O)C2CCc3cc(C)ccc3O2)n1. The number of amides is 1. The van der Waals surface area contributed by atoms with E-state index in [1.165, 1.54) is 11.1 Å². The fourth-order valence-corrected chi connectivity index (χ4v) is 2.96. The maximum Gasteiger partial charge on any atom is 0.261 e. The van der Waals surface area contributed by atoms with Crippen molar-refractivity contribution >= 4 is 5.91 Å². The molecule has 134 valence electrons. The van der Waals surface area contributed by atoms with Gasteiger partial charge >= 0.3 is 0 Å². The van der Waals surface area contributed by atoms with E-state index >= 15 is 0 Å². The first-order valence-corrected chi connectivity index (χ1v) is 8.96. The summed E-state index contributed by atoms with van der Waals surface area (Å²) in [4.78, 5) is 17.1. The summed E-state index contributed by atoms with van der Waals surface area (Å²) >= 11 is 0. The van der Waals surface area contributed by atoms with E-state index in [0.29, 0.717) is 18.2 Å². The number of nitrogens with one attached hydrogen (secondary N) is 2. The molecule has 2 heterocycles. The zero-order chi connectivity index (χ0) is 18.0. The molecule has 0 aliphatic carbocycles. The van der Waals surface area contributed by atoms with Crippen LogP contribution in [0.25, 0.3) is 0 Å². The van der Waals surface area contributed by atoms with Crippen molar-refractivity contribution in [3.05, 3.63) is 41.0 Å². The minimum absolute atomic E-state index is 0.111. The molecule has 0 spiro atoms. The van der Waals surface area contributed by atoms with Crippen LogP contribution in [0.3, 0.4) is 0 Å². The molecular formula is C19H26N4O2. The molecule has 6 nitrogen and oxygen atoms in total.